The Kier molecular flexibility index (Phi) is 5.87. The Morgan fingerprint density at radius 1 is 1.29 bits per heavy atom. The van der Waals surface area contributed by atoms with Crippen LogP contribution in [0.4, 0.5) is 8.78 Å². The van der Waals surface area contributed by atoms with E-state index in [1.807, 2.05) is 13.1 Å². The van der Waals surface area contributed by atoms with Crippen LogP contribution in [-0.4, -0.2) is 18.5 Å². The number of hydrogen-bond acceptors (Lipinski definition) is 3. The molecule has 1 atom stereocenters. The highest BCUT2D eigenvalue weighted by Gasteiger charge is 2.18. The molecule has 0 aliphatic carbocycles. The molecular formula is C15H17BrF2N2S. The quantitative estimate of drug-likeness (QED) is 0.801. The van der Waals surface area contributed by atoms with E-state index in [0.717, 1.165) is 15.9 Å². The fourth-order valence-corrected chi connectivity index (χ4v) is 3.50. The molecule has 0 aliphatic rings. The van der Waals surface area contributed by atoms with Crippen molar-refractivity contribution in [2.24, 2.45) is 5.73 Å². The molecule has 0 radical (unpaired) electrons. The van der Waals surface area contributed by atoms with Crippen LogP contribution < -0.4 is 5.73 Å². The van der Waals surface area contributed by atoms with Crippen LogP contribution in [0.3, 0.4) is 0 Å². The summed E-state index contributed by atoms with van der Waals surface area (Å²) in [6.07, 6.45) is -2.46. The van der Waals surface area contributed by atoms with Gasteiger partial charge in [0.2, 0.25) is 0 Å². The largest absolute Gasteiger partial charge is 0.329 e. The summed E-state index contributed by atoms with van der Waals surface area (Å²) in [5.74, 6) is 0. The molecule has 1 unspecified atom stereocenters. The first kappa shape index (κ1) is 16.5. The van der Waals surface area contributed by atoms with Crippen molar-refractivity contribution in [3.05, 3.63) is 56.2 Å². The van der Waals surface area contributed by atoms with Gasteiger partial charge < -0.3 is 5.73 Å². The molecule has 21 heavy (non-hydrogen) atoms. The van der Waals surface area contributed by atoms with Gasteiger partial charge in [-0.1, -0.05) is 18.2 Å². The summed E-state index contributed by atoms with van der Waals surface area (Å²) in [5.41, 5.74) is 7.90. The lowest BCUT2D eigenvalue weighted by Crippen LogP contribution is -2.30. The van der Waals surface area contributed by atoms with Gasteiger partial charge in [-0.05, 0) is 51.6 Å². The minimum Gasteiger partial charge on any atom is -0.329 e. The second kappa shape index (κ2) is 7.45. The summed E-state index contributed by atoms with van der Waals surface area (Å²) in [4.78, 5) is 2.08. The Hall–Kier alpha value is -0.820. The number of nitrogens with two attached hydrogens (primary N) is 1. The summed E-state index contributed by atoms with van der Waals surface area (Å²) in [5, 5.41) is 2.07. The third-order valence-corrected chi connectivity index (χ3v) is 4.91. The molecule has 0 saturated heterocycles. The molecule has 0 bridgehead atoms. The molecule has 2 nitrogen and oxygen atoms in total. The summed E-state index contributed by atoms with van der Waals surface area (Å²) in [7, 11) is 1.96. The predicted octanol–water partition coefficient (Wildman–Crippen LogP) is 4.58. The van der Waals surface area contributed by atoms with Crippen molar-refractivity contribution in [3.63, 3.8) is 0 Å². The first-order valence-electron chi connectivity index (χ1n) is 6.52. The Morgan fingerprint density at radius 3 is 2.57 bits per heavy atom. The van der Waals surface area contributed by atoms with Gasteiger partial charge in [-0.25, -0.2) is 8.78 Å². The summed E-state index contributed by atoms with van der Waals surface area (Å²) < 4.78 is 26.7. The lowest BCUT2D eigenvalue weighted by atomic mass is 10.0. The number of hydrogen-bond donors (Lipinski definition) is 1. The van der Waals surface area contributed by atoms with Crippen LogP contribution in [0.15, 0.2) is 39.5 Å². The normalized spacial score (nSPS) is 13.1. The van der Waals surface area contributed by atoms with Gasteiger partial charge in [-0.15, -0.1) is 11.3 Å². The molecule has 1 aromatic heterocycles. The number of likely N-dealkylation sites (N-methyl/N-ethyl adjacent to an activating group) is 1. The average molecular weight is 375 g/mol. The second-order valence-corrected chi connectivity index (χ2v) is 7.19. The molecule has 1 aromatic carbocycles. The van der Waals surface area contributed by atoms with E-state index in [0.29, 0.717) is 6.54 Å². The van der Waals surface area contributed by atoms with Crippen LogP contribution in [0.5, 0.6) is 0 Å². The van der Waals surface area contributed by atoms with E-state index in [1.165, 1.54) is 11.6 Å². The minimum absolute atomic E-state index is 0.0395. The Morgan fingerprint density at radius 2 is 2.00 bits per heavy atom. The second-order valence-electron chi connectivity index (χ2n) is 4.90. The van der Waals surface area contributed by atoms with Gasteiger partial charge in [0.1, 0.15) is 0 Å². The SMILES string of the molecule is CN(Cc1csc(Br)c1)C(CN)c1cccc(C(F)F)c1. The summed E-state index contributed by atoms with van der Waals surface area (Å²) in [6, 6.07) is 8.48. The zero-order valence-electron chi connectivity index (χ0n) is 11.6. The van der Waals surface area contributed by atoms with E-state index in [1.54, 1.807) is 23.5 Å². The van der Waals surface area contributed by atoms with Crippen molar-refractivity contribution in [2.75, 3.05) is 13.6 Å². The summed E-state index contributed by atoms with van der Waals surface area (Å²) >= 11 is 5.07. The van der Waals surface area contributed by atoms with Crippen LogP contribution in [0, 0.1) is 0 Å². The summed E-state index contributed by atoms with van der Waals surface area (Å²) in [6.45, 7) is 1.11. The minimum atomic E-state index is -2.46. The predicted molar refractivity (Wildman–Crippen MR) is 86.7 cm³/mol. The smallest absolute Gasteiger partial charge is 0.263 e. The number of halogens is 3. The van der Waals surface area contributed by atoms with Crippen LogP contribution in [0.25, 0.3) is 0 Å². The molecule has 0 amide bonds. The van der Waals surface area contributed by atoms with Crippen LogP contribution in [-0.2, 0) is 6.54 Å². The van der Waals surface area contributed by atoms with Crippen molar-refractivity contribution in [1.82, 2.24) is 4.90 Å². The van der Waals surface area contributed by atoms with Crippen LogP contribution in [0.2, 0.25) is 0 Å². The highest BCUT2D eigenvalue weighted by molar-refractivity contribution is 9.11. The van der Waals surface area contributed by atoms with Gasteiger partial charge in [-0.3, -0.25) is 4.90 Å². The van der Waals surface area contributed by atoms with E-state index in [9.17, 15) is 8.78 Å². The van der Waals surface area contributed by atoms with Gasteiger partial charge in [0.05, 0.1) is 3.79 Å². The lowest BCUT2D eigenvalue weighted by Gasteiger charge is -2.27. The third-order valence-electron chi connectivity index (χ3n) is 3.36. The van der Waals surface area contributed by atoms with Crippen molar-refractivity contribution in [1.29, 1.82) is 0 Å². The van der Waals surface area contributed by atoms with Crippen molar-refractivity contribution in [3.8, 4) is 0 Å². The molecule has 0 saturated carbocycles. The van der Waals surface area contributed by atoms with Crippen LogP contribution >= 0.6 is 27.3 Å². The first-order valence-corrected chi connectivity index (χ1v) is 8.19. The van der Waals surface area contributed by atoms with Gasteiger partial charge in [0.25, 0.3) is 6.43 Å². The third kappa shape index (κ3) is 4.32. The van der Waals surface area contributed by atoms with E-state index in [4.69, 9.17) is 5.73 Å². The van der Waals surface area contributed by atoms with E-state index < -0.39 is 6.43 Å². The molecular weight excluding hydrogens is 358 g/mol. The molecule has 2 aromatic rings. The molecule has 2 N–H and O–H groups in total. The zero-order chi connectivity index (χ0) is 15.4. The van der Waals surface area contributed by atoms with E-state index in [2.05, 4.69) is 32.3 Å². The van der Waals surface area contributed by atoms with Gasteiger partial charge in [0, 0.05) is 24.7 Å². The van der Waals surface area contributed by atoms with Gasteiger partial charge in [-0.2, -0.15) is 0 Å². The Bertz CT molecular complexity index is 589. The van der Waals surface area contributed by atoms with Crippen molar-refractivity contribution < 1.29 is 8.78 Å². The van der Waals surface area contributed by atoms with Crippen LogP contribution in [0.1, 0.15) is 29.2 Å². The zero-order valence-corrected chi connectivity index (χ0v) is 14.0. The molecule has 2 rings (SSSR count). The monoisotopic (exact) mass is 374 g/mol. The average Bonchev–Trinajstić information content (AvgIpc) is 2.85. The van der Waals surface area contributed by atoms with E-state index in [-0.39, 0.29) is 11.6 Å². The molecule has 0 spiro atoms. The molecule has 0 aliphatic heterocycles. The Labute approximate surface area is 135 Å². The van der Waals surface area contributed by atoms with Crippen molar-refractivity contribution in [2.45, 2.75) is 19.0 Å². The number of rotatable bonds is 6. The maximum absolute atomic E-state index is 12.8. The number of alkyl halides is 2. The standard InChI is InChI=1S/C15H17BrF2N2S/c1-20(8-10-5-14(16)21-9-10)13(7-19)11-3-2-4-12(6-11)15(17)18/h2-6,9,13,15H,7-8,19H2,1H3. The topological polar surface area (TPSA) is 29.3 Å². The molecule has 6 heteroatoms. The number of thiophene rings is 1. The Balaban J connectivity index is 2.16. The molecule has 114 valence electrons. The fourth-order valence-electron chi connectivity index (χ4n) is 2.30. The van der Waals surface area contributed by atoms with Gasteiger partial charge in [0.15, 0.2) is 0 Å². The maximum atomic E-state index is 12.8. The highest BCUT2D eigenvalue weighted by atomic mass is 79.9. The van der Waals surface area contributed by atoms with Crippen molar-refractivity contribution >= 4 is 27.3 Å². The van der Waals surface area contributed by atoms with Gasteiger partial charge >= 0.3 is 0 Å². The fraction of sp³-hybridized carbons (Fsp3) is 0.333. The van der Waals surface area contributed by atoms with E-state index >= 15 is 0 Å². The molecule has 1 heterocycles. The molecule has 0 fully saturated rings. The number of nitrogens with zero attached hydrogens (tertiary/aromatic N) is 1. The lowest BCUT2D eigenvalue weighted by molar-refractivity contribution is 0.151. The first-order chi connectivity index (χ1) is 10.0. The highest BCUT2D eigenvalue weighted by Crippen LogP contribution is 2.27. The number of benzene rings is 1. The maximum Gasteiger partial charge on any atom is 0.263 e.